The van der Waals surface area contributed by atoms with Gasteiger partial charge in [0.2, 0.25) is 0 Å². The Hall–Kier alpha value is -1.52. The van der Waals surface area contributed by atoms with Crippen LogP contribution in [0.15, 0.2) is 0 Å². The fraction of sp³-hybridized carbons (Fsp3) is 0.921. The number of carboxylic acid groups (broad SMARTS) is 1. The summed E-state index contributed by atoms with van der Waals surface area (Å²) >= 11 is 0. The predicted molar refractivity (Wildman–Crippen MR) is 196 cm³/mol. The number of hydrogen-bond acceptors (Lipinski definition) is 9. The highest BCUT2D eigenvalue weighted by Gasteiger charge is 2.33. The average molecular weight is 737 g/mol. The van der Waals surface area contributed by atoms with Crippen LogP contribution in [0.2, 0.25) is 0 Å². The molecule has 3 unspecified atom stereocenters. The highest BCUT2D eigenvalue weighted by atomic mass is 31.2. The first-order valence-corrected chi connectivity index (χ1v) is 21.7. The number of esters is 2. The summed E-state index contributed by atoms with van der Waals surface area (Å²) < 4.78 is 33.0. The highest BCUT2D eigenvalue weighted by Crippen LogP contribution is 2.43. The van der Waals surface area contributed by atoms with E-state index in [1.54, 1.807) is 0 Å². The van der Waals surface area contributed by atoms with Gasteiger partial charge in [0, 0.05) is 12.8 Å². The largest absolute Gasteiger partial charge is 0.634 e. The Bertz CT molecular complexity index is 875. The SMILES string of the molecule is CCCCCCCCCCCCCCCC(=O)OCC(COP(=O)([OH2+])OCC([NH3+])C(=O)[O-])OC(=O)CCCCCCCCCCCCCCC. The van der Waals surface area contributed by atoms with E-state index in [-0.39, 0.29) is 19.4 Å². The van der Waals surface area contributed by atoms with E-state index in [1.807, 2.05) is 0 Å². The molecular weight excluding hydrogens is 661 g/mol. The van der Waals surface area contributed by atoms with Crippen molar-refractivity contribution in [2.24, 2.45) is 0 Å². The molecule has 0 rings (SSSR count). The minimum atomic E-state index is -4.44. The van der Waals surface area contributed by atoms with Gasteiger partial charge in [0.25, 0.3) is 0 Å². The summed E-state index contributed by atoms with van der Waals surface area (Å²) in [6.07, 6.45) is 30.4. The van der Waals surface area contributed by atoms with E-state index in [9.17, 15) is 24.1 Å². The van der Waals surface area contributed by atoms with Crippen molar-refractivity contribution >= 4 is 25.7 Å². The summed E-state index contributed by atoms with van der Waals surface area (Å²) in [5.74, 6) is -2.44. The number of ether oxygens (including phenoxy) is 2. The van der Waals surface area contributed by atoms with Gasteiger partial charge in [-0.25, -0.2) is 9.05 Å². The van der Waals surface area contributed by atoms with Crippen LogP contribution in [-0.2, 0) is 37.5 Å². The van der Waals surface area contributed by atoms with Crippen molar-refractivity contribution in [2.45, 2.75) is 206 Å². The topological polar surface area (TPSA) is 179 Å². The number of carboxylic acids is 1. The fourth-order valence-electron chi connectivity index (χ4n) is 5.67. The number of hydrogen-bond donors (Lipinski definition) is 1. The lowest BCUT2D eigenvalue weighted by Crippen LogP contribution is -2.70. The van der Waals surface area contributed by atoms with Gasteiger partial charge >= 0.3 is 19.8 Å². The second-order valence-corrected chi connectivity index (χ2v) is 15.4. The molecule has 0 saturated carbocycles. The first-order valence-electron chi connectivity index (χ1n) is 20.1. The molecule has 3 atom stereocenters. The van der Waals surface area contributed by atoms with Crippen LogP contribution < -0.4 is 10.8 Å². The first-order chi connectivity index (χ1) is 24.1. The zero-order valence-corrected chi connectivity index (χ0v) is 32.8. The van der Waals surface area contributed by atoms with Crippen molar-refractivity contribution < 1.29 is 53.2 Å². The van der Waals surface area contributed by atoms with Crippen LogP contribution in [0.5, 0.6) is 0 Å². The van der Waals surface area contributed by atoms with Gasteiger partial charge in [-0.1, -0.05) is 168 Å². The summed E-state index contributed by atoms with van der Waals surface area (Å²) in [4.78, 5) is 43.6. The van der Waals surface area contributed by atoms with E-state index in [0.29, 0.717) is 12.8 Å². The van der Waals surface area contributed by atoms with Gasteiger partial charge < -0.3 is 30.0 Å². The molecule has 0 spiro atoms. The number of unbranched alkanes of at least 4 members (excludes halogenated alkanes) is 24. The lowest BCUT2D eigenvalue weighted by atomic mass is 10.0. The molecule has 0 heterocycles. The van der Waals surface area contributed by atoms with Crippen molar-refractivity contribution in [1.29, 1.82) is 0 Å². The third-order valence-electron chi connectivity index (χ3n) is 8.91. The minimum absolute atomic E-state index is 0.186. The molecule has 0 aliphatic carbocycles. The molecular formula is C38H75NO10P+. The molecule has 0 radical (unpaired) electrons. The van der Waals surface area contributed by atoms with Gasteiger partial charge in [0.1, 0.15) is 31.8 Å². The molecule has 0 aliphatic rings. The van der Waals surface area contributed by atoms with Gasteiger partial charge in [-0.3, -0.25) is 9.59 Å². The molecule has 0 aromatic heterocycles. The minimum Gasteiger partial charge on any atom is -0.544 e. The monoisotopic (exact) mass is 737 g/mol. The molecule has 0 aromatic carbocycles. The Labute approximate surface area is 304 Å². The van der Waals surface area contributed by atoms with Gasteiger partial charge in [-0.2, -0.15) is 4.57 Å². The zero-order chi connectivity index (χ0) is 37.1. The molecule has 0 amide bonds. The molecule has 0 saturated heterocycles. The van der Waals surface area contributed by atoms with Gasteiger partial charge in [0.05, 0.1) is 0 Å². The number of quaternary nitrogens is 1. The van der Waals surface area contributed by atoms with Crippen molar-refractivity contribution in [3.05, 3.63) is 0 Å². The van der Waals surface area contributed by atoms with E-state index in [0.717, 1.165) is 38.5 Å². The fourth-order valence-corrected chi connectivity index (χ4v) is 6.48. The van der Waals surface area contributed by atoms with Crippen LogP contribution in [0.3, 0.4) is 0 Å². The molecule has 296 valence electrons. The normalized spacial score (nSPS) is 13.8. The third-order valence-corrected chi connectivity index (χ3v) is 9.88. The van der Waals surface area contributed by atoms with E-state index in [2.05, 4.69) is 19.6 Å². The maximum atomic E-state index is 12.6. The Balaban J connectivity index is 4.38. The van der Waals surface area contributed by atoms with Crippen molar-refractivity contribution in [1.82, 2.24) is 0 Å². The van der Waals surface area contributed by atoms with Crippen molar-refractivity contribution in [3.8, 4) is 0 Å². The molecule has 5 N–H and O–H groups in total. The second kappa shape index (κ2) is 34.6. The Kier molecular flexibility index (Phi) is 33.5. The van der Waals surface area contributed by atoms with Gasteiger partial charge in [-0.15, -0.1) is 0 Å². The van der Waals surface area contributed by atoms with E-state index < -0.39 is 51.1 Å². The van der Waals surface area contributed by atoms with Crippen LogP contribution in [0.1, 0.15) is 194 Å². The molecule has 0 fully saturated rings. The first kappa shape index (κ1) is 48.5. The van der Waals surface area contributed by atoms with Crippen LogP contribution in [-0.4, -0.2) is 54.8 Å². The Morgan fingerprint density at radius 1 is 0.560 bits per heavy atom. The Morgan fingerprint density at radius 2 is 0.900 bits per heavy atom. The van der Waals surface area contributed by atoms with Crippen LogP contribution in [0, 0.1) is 0 Å². The van der Waals surface area contributed by atoms with E-state index in [1.165, 1.54) is 116 Å². The summed E-state index contributed by atoms with van der Waals surface area (Å²) in [6.45, 7) is 3.02. The highest BCUT2D eigenvalue weighted by molar-refractivity contribution is 7.47. The molecule has 12 heteroatoms. The van der Waals surface area contributed by atoms with Crippen molar-refractivity contribution in [2.75, 3.05) is 19.8 Å². The van der Waals surface area contributed by atoms with Crippen LogP contribution in [0.25, 0.3) is 0 Å². The molecule has 0 bridgehead atoms. The van der Waals surface area contributed by atoms with Gasteiger partial charge in [-0.05, 0) is 12.8 Å². The zero-order valence-electron chi connectivity index (χ0n) is 31.9. The third kappa shape index (κ3) is 33.6. The summed E-state index contributed by atoms with van der Waals surface area (Å²) in [7, 11) is -4.44. The predicted octanol–water partition coefficient (Wildman–Crippen LogP) is 7.63. The van der Waals surface area contributed by atoms with E-state index in [4.69, 9.17) is 23.4 Å². The summed E-state index contributed by atoms with van der Waals surface area (Å²) in [5, 5.41) is 10.8. The smallest absolute Gasteiger partial charge is 0.544 e. The number of aliphatic carboxylic acids is 1. The van der Waals surface area contributed by atoms with E-state index >= 15 is 0 Å². The molecule has 11 nitrogen and oxygen atoms in total. The lowest BCUT2D eigenvalue weighted by molar-refractivity contribution is -0.440. The molecule has 0 aromatic rings. The summed E-state index contributed by atoms with van der Waals surface area (Å²) in [5.41, 5.74) is 3.29. The maximum absolute atomic E-state index is 12.6. The van der Waals surface area contributed by atoms with Crippen LogP contribution >= 0.6 is 7.82 Å². The number of carbonyl (C=O) groups is 3. The molecule has 50 heavy (non-hydrogen) atoms. The van der Waals surface area contributed by atoms with Crippen molar-refractivity contribution in [3.63, 3.8) is 0 Å². The number of rotatable bonds is 38. The maximum Gasteiger partial charge on any atom is 0.634 e. The summed E-state index contributed by atoms with van der Waals surface area (Å²) in [6, 6.07) is -1.34. The Morgan fingerprint density at radius 3 is 1.28 bits per heavy atom. The average Bonchev–Trinajstić information content (AvgIpc) is 3.09. The standard InChI is InChI=1S/C38H74NO10P/c1-3-5-7-9-11-13-15-17-19-21-23-25-27-29-36(40)46-31-34(32-47-50(44,45)48-33-35(39)38(42)43)49-37(41)30-28-26-24-22-20-18-16-14-12-10-8-6-4-2/h34-35H,3-33,39H2,1-2H3,(H,42,43)(H,44,45)/p+1. The lowest BCUT2D eigenvalue weighted by Gasteiger charge is -2.18. The number of carbonyl (C=O) groups excluding carboxylic acids is 3. The molecule has 0 aliphatic heterocycles. The quantitative estimate of drug-likeness (QED) is 0.0289. The second-order valence-electron chi connectivity index (χ2n) is 13.9. The van der Waals surface area contributed by atoms with Gasteiger partial charge in [0.15, 0.2) is 6.10 Å². The van der Waals surface area contributed by atoms with Crippen LogP contribution in [0.4, 0.5) is 0 Å².